The van der Waals surface area contributed by atoms with Crippen molar-refractivity contribution >= 4 is 33.4 Å². The van der Waals surface area contributed by atoms with Gasteiger partial charge in [0.1, 0.15) is 0 Å². The van der Waals surface area contributed by atoms with Crippen molar-refractivity contribution in [3.8, 4) is 11.1 Å². The zero-order valence-corrected chi connectivity index (χ0v) is 26.4. The van der Waals surface area contributed by atoms with Gasteiger partial charge < -0.3 is 19.1 Å². The van der Waals surface area contributed by atoms with E-state index in [-0.39, 0.29) is 0 Å². The molecule has 0 aliphatic carbocycles. The molecule has 3 heterocycles. The lowest BCUT2D eigenvalue weighted by Gasteiger charge is -2.04. The molecular formula is C33H50ClN3O3. The molecule has 0 aliphatic rings. The largest absolute Gasteiger partial charge is 0.396 e. The van der Waals surface area contributed by atoms with Crippen molar-refractivity contribution in [2.45, 2.75) is 73.6 Å². The van der Waals surface area contributed by atoms with Crippen LogP contribution in [0, 0.1) is 6.92 Å². The van der Waals surface area contributed by atoms with Crippen molar-refractivity contribution in [3.63, 3.8) is 0 Å². The highest BCUT2D eigenvalue weighted by Crippen LogP contribution is 2.34. The SMILES string of the molecule is CC.CCCOCC.CCCOCCCCCO.Cc1ccc(-c2ccc3c4cncc(Cl)c4n(C)c3c2)cn1. The van der Waals surface area contributed by atoms with E-state index in [1.54, 1.807) is 6.20 Å². The van der Waals surface area contributed by atoms with Crippen LogP contribution >= 0.6 is 11.6 Å². The fraction of sp³-hybridized carbons (Fsp3) is 0.515. The Kier molecular flexibility index (Phi) is 18.9. The third-order valence-electron chi connectivity index (χ3n) is 5.95. The van der Waals surface area contributed by atoms with Gasteiger partial charge >= 0.3 is 0 Å². The van der Waals surface area contributed by atoms with E-state index in [0.29, 0.717) is 11.6 Å². The van der Waals surface area contributed by atoms with Gasteiger partial charge in [0.25, 0.3) is 0 Å². The number of pyridine rings is 2. The third kappa shape index (κ3) is 11.5. The summed E-state index contributed by atoms with van der Waals surface area (Å²) in [5.41, 5.74) is 5.44. The molecule has 1 N–H and O–H groups in total. The van der Waals surface area contributed by atoms with Crippen LogP contribution in [0.1, 0.15) is 72.4 Å². The van der Waals surface area contributed by atoms with Crippen molar-refractivity contribution in [3.05, 3.63) is 59.6 Å². The number of hydrogen-bond donors (Lipinski definition) is 1. The van der Waals surface area contributed by atoms with Crippen molar-refractivity contribution in [2.75, 3.05) is 33.0 Å². The fourth-order valence-corrected chi connectivity index (χ4v) is 4.25. The summed E-state index contributed by atoms with van der Waals surface area (Å²) in [6, 6.07) is 10.6. The van der Waals surface area contributed by atoms with E-state index < -0.39 is 0 Å². The lowest BCUT2D eigenvalue weighted by atomic mass is 10.1. The molecule has 0 atom stereocenters. The minimum Gasteiger partial charge on any atom is -0.396 e. The average Bonchev–Trinajstić information content (AvgIpc) is 3.28. The number of halogens is 1. The van der Waals surface area contributed by atoms with Gasteiger partial charge in [0.2, 0.25) is 0 Å². The van der Waals surface area contributed by atoms with Gasteiger partial charge in [-0.15, -0.1) is 0 Å². The molecule has 40 heavy (non-hydrogen) atoms. The Morgan fingerprint density at radius 1 is 0.825 bits per heavy atom. The summed E-state index contributed by atoms with van der Waals surface area (Å²) < 4.78 is 12.4. The molecule has 0 radical (unpaired) electrons. The number of hydrogen-bond acceptors (Lipinski definition) is 5. The lowest BCUT2D eigenvalue weighted by molar-refractivity contribution is 0.129. The summed E-state index contributed by atoms with van der Waals surface area (Å²) in [5.74, 6) is 0. The van der Waals surface area contributed by atoms with Crippen molar-refractivity contribution in [1.29, 1.82) is 0 Å². The predicted molar refractivity (Wildman–Crippen MR) is 171 cm³/mol. The summed E-state index contributed by atoms with van der Waals surface area (Å²) in [4.78, 5) is 8.59. The summed E-state index contributed by atoms with van der Waals surface area (Å²) >= 11 is 6.31. The molecule has 3 aromatic heterocycles. The second-order valence-corrected chi connectivity index (χ2v) is 9.50. The zero-order chi connectivity index (χ0) is 29.8. The van der Waals surface area contributed by atoms with E-state index in [0.717, 1.165) is 97.2 Å². The van der Waals surface area contributed by atoms with Crippen LogP contribution in [-0.2, 0) is 16.5 Å². The van der Waals surface area contributed by atoms with Gasteiger partial charge in [-0.25, -0.2) is 0 Å². The molecule has 1 aromatic carbocycles. The fourth-order valence-electron chi connectivity index (χ4n) is 3.97. The van der Waals surface area contributed by atoms with Crippen molar-refractivity contribution < 1.29 is 14.6 Å². The van der Waals surface area contributed by atoms with Gasteiger partial charge in [-0.1, -0.05) is 57.5 Å². The third-order valence-corrected chi connectivity index (χ3v) is 6.23. The van der Waals surface area contributed by atoms with Crippen molar-refractivity contribution in [2.24, 2.45) is 7.05 Å². The molecular weight excluding hydrogens is 522 g/mol. The van der Waals surface area contributed by atoms with E-state index in [1.807, 2.05) is 53.2 Å². The predicted octanol–water partition coefficient (Wildman–Crippen LogP) is 8.79. The number of aliphatic hydroxyl groups is 1. The first-order valence-electron chi connectivity index (χ1n) is 14.7. The Balaban J connectivity index is 0.000000372. The second kappa shape index (κ2) is 21.3. The smallest absolute Gasteiger partial charge is 0.0832 e. The second-order valence-electron chi connectivity index (χ2n) is 9.09. The number of unbranched alkanes of at least 4 members (excludes halogenated alkanes) is 2. The Hall–Kier alpha value is -2.51. The molecule has 4 rings (SSSR count). The molecule has 0 amide bonds. The van der Waals surface area contributed by atoms with E-state index in [4.69, 9.17) is 26.2 Å². The summed E-state index contributed by atoms with van der Waals surface area (Å²) in [5, 5.41) is 11.3. The highest BCUT2D eigenvalue weighted by Gasteiger charge is 2.12. The van der Waals surface area contributed by atoms with Crippen LogP contribution in [0.4, 0.5) is 0 Å². The topological polar surface area (TPSA) is 69.4 Å². The first-order chi connectivity index (χ1) is 19.5. The maximum absolute atomic E-state index is 8.43. The molecule has 222 valence electrons. The maximum Gasteiger partial charge on any atom is 0.0832 e. The standard InChI is InChI=1S/C18H14ClN3.C8H18O2.C5H12O.C2H6/c1-11-3-4-13(8-21-11)12-5-6-14-15-9-20-10-16(19)18(15)22(2)17(14)7-12;1-2-7-10-8-5-3-4-6-9;1-3-5-6-4-2;1-2/h3-10H,1-2H3;9H,2-8H2,1H3;3-5H2,1-2H3;1-2H3. The monoisotopic (exact) mass is 571 g/mol. The molecule has 7 heteroatoms. The van der Waals surface area contributed by atoms with E-state index in [2.05, 4.69) is 52.6 Å². The molecule has 0 spiro atoms. The van der Waals surface area contributed by atoms with Gasteiger partial charge in [0.15, 0.2) is 0 Å². The van der Waals surface area contributed by atoms with Gasteiger partial charge in [-0.3, -0.25) is 9.97 Å². The van der Waals surface area contributed by atoms with Gasteiger partial charge in [-0.2, -0.15) is 0 Å². The highest BCUT2D eigenvalue weighted by molar-refractivity contribution is 6.36. The molecule has 0 saturated carbocycles. The Morgan fingerprint density at radius 3 is 2.12 bits per heavy atom. The number of aromatic nitrogens is 3. The minimum atomic E-state index is 0.313. The van der Waals surface area contributed by atoms with Crippen LogP contribution in [0.15, 0.2) is 48.9 Å². The molecule has 0 unspecified atom stereocenters. The Bertz CT molecular complexity index is 1200. The molecule has 0 fully saturated rings. The molecule has 6 nitrogen and oxygen atoms in total. The van der Waals surface area contributed by atoms with Gasteiger partial charge in [0, 0.05) is 86.2 Å². The van der Waals surface area contributed by atoms with Gasteiger partial charge in [0.05, 0.1) is 10.5 Å². The molecule has 0 bridgehead atoms. The zero-order valence-electron chi connectivity index (χ0n) is 25.7. The maximum atomic E-state index is 8.43. The van der Waals surface area contributed by atoms with Crippen LogP contribution in [0.3, 0.4) is 0 Å². The van der Waals surface area contributed by atoms with Crippen molar-refractivity contribution in [1.82, 2.24) is 14.5 Å². The molecule has 4 aromatic rings. The number of aryl methyl sites for hydroxylation is 2. The Labute approximate surface area is 246 Å². The lowest BCUT2D eigenvalue weighted by Crippen LogP contribution is -1.95. The van der Waals surface area contributed by atoms with Gasteiger partial charge in [-0.05, 0) is 63.6 Å². The Morgan fingerprint density at radius 2 is 1.52 bits per heavy atom. The average molecular weight is 572 g/mol. The quantitative estimate of drug-likeness (QED) is 0.182. The molecule has 0 aliphatic heterocycles. The minimum absolute atomic E-state index is 0.313. The highest BCUT2D eigenvalue weighted by atomic mass is 35.5. The van der Waals surface area contributed by atoms with Crippen LogP contribution < -0.4 is 0 Å². The van der Waals surface area contributed by atoms with E-state index in [9.17, 15) is 0 Å². The van der Waals surface area contributed by atoms with E-state index >= 15 is 0 Å². The first kappa shape index (κ1) is 35.5. The number of nitrogens with zero attached hydrogens (tertiary/aromatic N) is 3. The summed E-state index contributed by atoms with van der Waals surface area (Å²) in [6.07, 6.45) is 10.8. The van der Waals surface area contributed by atoms with Crippen LogP contribution in [-0.4, -0.2) is 52.7 Å². The summed E-state index contributed by atoms with van der Waals surface area (Å²) in [7, 11) is 2.04. The number of ether oxygens (including phenoxy) is 2. The first-order valence-corrected chi connectivity index (χ1v) is 15.1. The molecule has 0 saturated heterocycles. The van der Waals surface area contributed by atoms with Crippen LogP contribution in [0.25, 0.3) is 32.9 Å². The number of benzene rings is 1. The normalized spacial score (nSPS) is 10.3. The number of rotatable bonds is 11. The number of aliphatic hydroxyl groups excluding tert-OH is 1. The van der Waals surface area contributed by atoms with E-state index in [1.165, 1.54) is 0 Å². The number of fused-ring (bicyclic) bond motifs is 3. The van der Waals surface area contributed by atoms with Crippen LogP contribution in [0.5, 0.6) is 0 Å². The summed E-state index contributed by atoms with van der Waals surface area (Å²) in [6.45, 7) is 16.0. The van der Waals surface area contributed by atoms with Crippen LogP contribution in [0.2, 0.25) is 5.02 Å².